The summed E-state index contributed by atoms with van der Waals surface area (Å²) in [6, 6.07) is 18.3. The standard InChI is InChI=1S/C32H29N7O2/c1-2-5-19(4-1)14-33-15-20-12-22(17-34-16-20)24-9-10-26-30(35-24)31(39-38-26)32-36-25-7-3-6-23(29(25)37-32)21-8-11-27-28(13-21)41-18-40-27/h3,6-13,16-17,19,33H,1-2,4-5,14-15,18H2,(H,36,37)(H,38,39). The predicted octanol–water partition coefficient (Wildman–Crippen LogP) is 6.24. The van der Waals surface area contributed by atoms with E-state index in [9.17, 15) is 0 Å². The molecule has 4 aromatic heterocycles. The summed E-state index contributed by atoms with van der Waals surface area (Å²) >= 11 is 0. The SMILES string of the molecule is c1cc(-c2ccc3c(c2)OCO3)c2nc(-c3n[nH]c4ccc(-c5cncc(CNCC6CCCC6)c5)nc34)[nH]c2c1. The van der Waals surface area contributed by atoms with Crippen LogP contribution in [0, 0.1) is 5.92 Å². The first kappa shape index (κ1) is 24.1. The molecule has 204 valence electrons. The van der Waals surface area contributed by atoms with E-state index in [-0.39, 0.29) is 6.79 Å². The van der Waals surface area contributed by atoms with Gasteiger partial charge in [0, 0.05) is 30.1 Å². The third kappa shape index (κ3) is 4.48. The third-order valence-electron chi connectivity index (χ3n) is 8.16. The number of aromatic nitrogens is 6. The van der Waals surface area contributed by atoms with Crippen molar-refractivity contribution in [3.8, 4) is 45.4 Å². The Bertz CT molecular complexity index is 1890. The Morgan fingerprint density at radius 1 is 0.854 bits per heavy atom. The summed E-state index contributed by atoms with van der Waals surface area (Å²) in [5, 5.41) is 11.3. The molecule has 0 unspecified atom stereocenters. The van der Waals surface area contributed by atoms with Gasteiger partial charge in [0.05, 0.1) is 22.2 Å². The summed E-state index contributed by atoms with van der Waals surface area (Å²) < 4.78 is 11.1. The minimum Gasteiger partial charge on any atom is -0.454 e. The molecular weight excluding hydrogens is 514 g/mol. The molecule has 1 aliphatic carbocycles. The van der Waals surface area contributed by atoms with Crippen LogP contribution in [0.5, 0.6) is 11.5 Å². The molecule has 1 fully saturated rings. The highest BCUT2D eigenvalue weighted by Crippen LogP contribution is 2.38. The minimum atomic E-state index is 0.244. The van der Waals surface area contributed by atoms with Crippen LogP contribution in [0.25, 0.3) is 56.0 Å². The molecule has 0 atom stereocenters. The van der Waals surface area contributed by atoms with Crippen LogP contribution in [0.4, 0.5) is 0 Å². The maximum Gasteiger partial charge on any atom is 0.231 e. The largest absolute Gasteiger partial charge is 0.454 e. The summed E-state index contributed by atoms with van der Waals surface area (Å²) in [4.78, 5) is 18.0. The van der Waals surface area contributed by atoms with Crippen LogP contribution in [0.3, 0.4) is 0 Å². The van der Waals surface area contributed by atoms with E-state index in [4.69, 9.17) is 19.4 Å². The highest BCUT2D eigenvalue weighted by molar-refractivity contribution is 5.96. The highest BCUT2D eigenvalue weighted by atomic mass is 16.7. The van der Waals surface area contributed by atoms with E-state index in [1.165, 1.54) is 25.7 Å². The number of nitrogens with zero attached hydrogens (tertiary/aromatic N) is 4. The van der Waals surface area contributed by atoms with E-state index in [0.29, 0.717) is 11.5 Å². The van der Waals surface area contributed by atoms with Gasteiger partial charge in [-0.1, -0.05) is 31.0 Å². The normalized spacial score (nSPS) is 14.9. The van der Waals surface area contributed by atoms with Gasteiger partial charge in [-0.3, -0.25) is 10.1 Å². The van der Waals surface area contributed by atoms with E-state index in [1.807, 2.05) is 54.9 Å². The maximum absolute atomic E-state index is 5.60. The average molecular weight is 544 g/mol. The summed E-state index contributed by atoms with van der Waals surface area (Å²) in [7, 11) is 0. The molecular formula is C32H29N7O2. The number of aromatic amines is 2. The van der Waals surface area contributed by atoms with Crippen molar-refractivity contribution in [2.24, 2.45) is 5.92 Å². The molecule has 2 aromatic carbocycles. The lowest BCUT2D eigenvalue weighted by Gasteiger charge is -2.11. The van der Waals surface area contributed by atoms with Crippen molar-refractivity contribution in [3.63, 3.8) is 0 Å². The average Bonchev–Trinajstić information content (AvgIpc) is 3.82. The number of ether oxygens (including phenoxy) is 2. The first-order valence-corrected chi connectivity index (χ1v) is 14.2. The van der Waals surface area contributed by atoms with Gasteiger partial charge in [-0.05, 0) is 72.8 Å². The maximum atomic E-state index is 5.60. The summed E-state index contributed by atoms with van der Waals surface area (Å²) in [5.74, 6) is 2.97. The quantitative estimate of drug-likeness (QED) is 0.218. The van der Waals surface area contributed by atoms with Gasteiger partial charge in [0.15, 0.2) is 23.0 Å². The van der Waals surface area contributed by atoms with Gasteiger partial charge in [-0.15, -0.1) is 0 Å². The number of rotatable bonds is 7. The number of para-hydroxylation sites is 1. The molecule has 0 radical (unpaired) electrons. The van der Waals surface area contributed by atoms with Gasteiger partial charge >= 0.3 is 0 Å². The Morgan fingerprint density at radius 3 is 2.73 bits per heavy atom. The lowest BCUT2D eigenvalue weighted by atomic mass is 10.0. The van der Waals surface area contributed by atoms with Crippen LogP contribution in [-0.4, -0.2) is 43.5 Å². The molecule has 8 rings (SSSR count). The second-order valence-electron chi connectivity index (χ2n) is 10.9. The lowest BCUT2D eigenvalue weighted by Crippen LogP contribution is -2.20. The van der Waals surface area contributed by atoms with Gasteiger partial charge in [-0.25, -0.2) is 9.97 Å². The van der Waals surface area contributed by atoms with Crippen molar-refractivity contribution < 1.29 is 9.47 Å². The highest BCUT2D eigenvalue weighted by Gasteiger charge is 2.19. The second-order valence-corrected chi connectivity index (χ2v) is 10.9. The van der Waals surface area contributed by atoms with Crippen LogP contribution in [-0.2, 0) is 6.54 Å². The fourth-order valence-corrected chi connectivity index (χ4v) is 6.03. The van der Waals surface area contributed by atoms with E-state index in [2.05, 4.69) is 37.6 Å². The molecule has 0 spiro atoms. The molecule has 0 saturated heterocycles. The number of benzene rings is 2. The smallest absolute Gasteiger partial charge is 0.231 e. The fraction of sp³-hybridized carbons (Fsp3) is 0.250. The zero-order valence-electron chi connectivity index (χ0n) is 22.5. The van der Waals surface area contributed by atoms with Crippen LogP contribution in [0.15, 0.2) is 67.0 Å². The van der Waals surface area contributed by atoms with Gasteiger partial charge in [0.1, 0.15) is 5.52 Å². The van der Waals surface area contributed by atoms with E-state index >= 15 is 0 Å². The van der Waals surface area contributed by atoms with E-state index in [0.717, 1.165) is 80.5 Å². The summed E-state index contributed by atoms with van der Waals surface area (Å²) in [5.41, 5.74) is 9.06. The number of H-pyrrole nitrogens is 2. The van der Waals surface area contributed by atoms with Gasteiger partial charge in [0.2, 0.25) is 6.79 Å². The van der Waals surface area contributed by atoms with Crippen LogP contribution < -0.4 is 14.8 Å². The third-order valence-corrected chi connectivity index (χ3v) is 8.16. The van der Waals surface area contributed by atoms with Crippen molar-refractivity contribution >= 4 is 22.1 Å². The van der Waals surface area contributed by atoms with Gasteiger partial charge in [-0.2, -0.15) is 5.10 Å². The summed E-state index contributed by atoms with van der Waals surface area (Å²) in [6.45, 7) is 2.12. The number of nitrogens with one attached hydrogen (secondary N) is 3. The zero-order chi connectivity index (χ0) is 27.2. The van der Waals surface area contributed by atoms with Crippen LogP contribution in [0.1, 0.15) is 31.2 Å². The Labute approximate surface area is 236 Å². The molecule has 41 heavy (non-hydrogen) atoms. The number of fused-ring (bicyclic) bond motifs is 3. The van der Waals surface area contributed by atoms with Gasteiger partial charge in [0.25, 0.3) is 0 Å². The Hall–Kier alpha value is -4.76. The van der Waals surface area contributed by atoms with Crippen molar-refractivity contribution in [1.82, 2.24) is 35.5 Å². The van der Waals surface area contributed by atoms with Crippen LogP contribution in [0.2, 0.25) is 0 Å². The lowest BCUT2D eigenvalue weighted by molar-refractivity contribution is 0.174. The first-order valence-electron chi connectivity index (χ1n) is 14.2. The number of imidazole rings is 1. The number of pyridine rings is 2. The number of hydrogen-bond acceptors (Lipinski definition) is 7. The molecule has 0 amide bonds. The van der Waals surface area contributed by atoms with Crippen molar-refractivity contribution in [2.45, 2.75) is 32.2 Å². The van der Waals surface area contributed by atoms with Crippen molar-refractivity contribution in [2.75, 3.05) is 13.3 Å². The Morgan fingerprint density at radius 2 is 1.78 bits per heavy atom. The summed E-state index contributed by atoms with van der Waals surface area (Å²) in [6.07, 6.45) is 9.21. The fourth-order valence-electron chi connectivity index (χ4n) is 6.03. The Kier molecular flexibility index (Phi) is 5.88. The molecule has 2 aliphatic rings. The molecule has 1 saturated carbocycles. The molecule has 9 heteroatoms. The molecule has 0 bridgehead atoms. The minimum absolute atomic E-state index is 0.244. The molecule has 9 nitrogen and oxygen atoms in total. The molecule has 3 N–H and O–H groups in total. The monoisotopic (exact) mass is 543 g/mol. The Balaban J connectivity index is 1.11. The second kappa shape index (κ2) is 10.0. The van der Waals surface area contributed by atoms with E-state index in [1.54, 1.807) is 0 Å². The zero-order valence-corrected chi connectivity index (χ0v) is 22.5. The topological polar surface area (TPSA) is 114 Å². The molecule has 5 heterocycles. The van der Waals surface area contributed by atoms with Crippen LogP contribution >= 0.6 is 0 Å². The first-order chi connectivity index (χ1) is 20.3. The predicted molar refractivity (Wildman–Crippen MR) is 157 cm³/mol. The van der Waals surface area contributed by atoms with E-state index < -0.39 is 0 Å². The van der Waals surface area contributed by atoms with Crippen molar-refractivity contribution in [1.29, 1.82) is 0 Å². The van der Waals surface area contributed by atoms with Crippen molar-refractivity contribution in [3.05, 3.63) is 72.6 Å². The number of hydrogen-bond donors (Lipinski definition) is 3. The molecule has 6 aromatic rings. The molecule has 1 aliphatic heterocycles. The van der Waals surface area contributed by atoms with Gasteiger partial charge < -0.3 is 19.8 Å².